The van der Waals surface area contributed by atoms with E-state index in [1.54, 1.807) is 0 Å². The molecule has 4 heteroatoms. The van der Waals surface area contributed by atoms with E-state index in [9.17, 15) is 10.5 Å². The number of nitriles is 2. The summed E-state index contributed by atoms with van der Waals surface area (Å²) in [7, 11) is 0. The molecule has 4 nitrogen and oxygen atoms in total. The highest BCUT2D eigenvalue weighted by atomic mass is 16.5. The van der Waals surface area contributed by atoms with Gasteiger partial charge in [0.05, 0.1) is 18.1 Å². The first-order valence-electron chi connectivity index (χ1n) is 15.2. The molecule has 0 fully saturated rings. The predicted octanol–water partition coefficient (Wildman–Crippen LogP) is 8.31. The fourth-order valence-electron chi connectivity index (χ4n) is 7.70. The molecule has 0 spiro atoms. The molecule has 3 aromatic carbocycles. The number of fused-ring (bicyclic) bond motifs is 6. The average molecular weight is 558 g/mol. The molecule has 7 atom stereocenters. The molecule has 208 valence electrons. The van der Waals surface area contributed by atoms with E-state index in [2.05, 4.69) is 121 Å². The van der Waals surface area contributed by atoms with E-state index >= 15 is 0 Å². The molecule has 2 aliphatic heterocycles. The van der Waals surface area contributed by atoms with Crippen molar-refractivity contribution in [3.63, 3.8) is 0 Å². The van der Waals surface area contributed by atoms with Gasteiger partial charge in [0.1, 0.15) is 17.8 Å². The normalized spacial score (nSPS) is 29.5. The van der Waals surface area contributed by atoms with Gasteiger partial charge in [0, 0.05) is 40.4 Å². The maximum absolute atomic E-state index is 10.5. The lowest BCUT2D eigenvalue weighted by molar-refractivity contribution is 0.269. The maximum Gasteiger partial charge on any atom is 0.128 e. The summed E-state index contributed by atoms with van der Waals surface area (Å²) in [5, 5.41) is 20.6. The van der Waals surface area contributed by atoms with E-state index in [0.29, 0.717) is 5.92 Å². The molecule has 0 saturated heterocycles. The quantitative estimate of drug-likeness (QED) is 0.304. The first-order valence-corrected chi connectivity index (χ1v) is 15.2. The smallest absolute Gasteiger partial charge is 0.128 e. The molecule has 6 unspecified atom stereocenters. The zero-order valence-electron chi connectivity index (χ0n) is 24.0. The van der Waals surface area contributed by atoms with Gasteiger partial charge in [-0.2, -0.15) is 10.5 Å². The Kier molecular flexibility index (Phi) is 5.99. The van der Waals surface area contributed by atoms with Crippen LogP contribution in [0.5, 0.6) is 5.75 Å². The molecule has 0 bridgehead atoms. The van der Waals surface area contributed by atoms with Crippen LogP contribution in [0.3, 0.4) is 0 Å². The van der Waals surface area contributed by atoms with Crippen molar-refractivity contribution < 1.29 is 4.74 Å². The number of anilines is 1. The molecule has 0 saturated carbocycles. The molecule has 43 heavy (non-hydrogen) atoms. The lowest BCUT2D eigenvalue weighted by atomic mass is 9.79. The number of hydrogen-bond acceptors (Lipinski definition) is 4. The van der Waals surface area contributed by atoms with Gasteiger partial charge in [-0.05, 0) is 52.8 Å². The van der Waals surface area contributed by atoms with Crippen LogP contribution < -0.4 is 9.64 Å². The summed E-state index contributed by atoms with van der Waals surface area (Å²) in [4.78, 5) is 2.41. The Morgan fingerprint density at radius 1 is 0.767 bits per heavy atom. The summed E-state index contributed by atoms with van der Waals surface area (Å²) in [5.74, 6) is 0.846. The zero-order chi connectivity index (χ0) is 29.1. The van der Waals surface area contributed by atoms with Crippen molar-refractivity contribution in [1.29, 1.82) is 10.5 Å². The molecule has 2 heterocycles. The Labute approximate surface area is 252 Å². The largest absolute Gasteiger partial charge is 0.485 e. The Bertz CT molecular complexity index is 1860. The van der Waals surface area contributed by atoms with Gasteiger partial charge >= 0.3 is 0 Å². The number of nitrogens with zero attached hydrogens (tertiary/aromatic N) is 3. The van der Waals surface area contributed by atoms with Crippen LogP contribution in [-0.4, -0.2) is 12.1 Å². The third-order valence-corrected chi connectivity index (χ3v) is 9.76. The first-order chi connectivity index (χ1) is 21.1. The van der Waals surface area contributed by atoms with Crippen molar-refractivity contribution in [1.82, 2.24) is 0 Å². The van der Waals surface area contributed by atoms with E-state index < -0.39 is 11.8 Å². The summed E-state index contributed by atoms with van der Waals surface area (Å²) in [6.45, 7) is 2.26. The summed E-state index contributed by atoms with van der Waals surface area (Å²) >= 11 is 0. The minimum absolute atomic E-state index is 0.0426. The predicted molar refractivity (Wildman–Crippen MR) is 170 cm³/mol. The Hall–Kier alpha value is -5.06. The number of ether oxygens (including phenoxy) is 1. The van der Waals surface area contributed by atoms with E-state index in [0.717, 1.165) is 40.3 Å². The lowest BCUT2D eigenvalue weighted by Crippen LogP contribution is -2.40. The molecule has 0 aromatic heterocycles. The van der Waals surface area contributed by atoms with Crippen LogP contribution in [0.4, 0.5) is 5.69 Å². The molecule has 8 rings (SSSR count). The van der Waals surface area contributed by atoms with E-state index in [1.807, 2.05) is 18.2 Å². The Balaban J connectivity index is 1.21. The second-order valence-corrected chi connectivity index (χ2v) is 12.2. The first kappa shape index (κ1) is 25.6. The van der Waals surface area contributed by atoms with Gasteiger partial charge in [-0.3, -0.25) is 0 Å². The minimum Gasteiger partial charge on any atom is -0.485 e. The fourth-order valence-corrected chi connectivity index (χ4v) is 7.70. The van der Waals surface area contributed by atoms with Gasteiger partial charge in [-0.25, -0.2) is 0 Å². The molecule has 0 radical (unpaired) electrons. The van der Waals surface area contributed by atoms with Gasteiger partial charge in [0.25, 0.3) is 0 Å². The van der Waals surface area contributed by atoms with Gasteiger partial charge in [0.15, 0.2) is 0 Å². The summed E-state index contributed by atoms with van der Waals surface area (Å²) in [6.07, 6.45) is 16.3. The molecule has 5 aliphatic rings. The zero-order valence-corrected chi connectivity index (χ0v) is 24.0. The van der Waals surface area contributed by atoms with Crippen LogP contribution in [0.25, 0.3) is 11.1 Å². The fraction of sp³-hybridized carbons (Fsp3) is 0.231. The van der Waals surface area contributed by atoms with Crippen LogP contribution in [-0.2, 0) is 0 Å². The SMILES string of the molecule is CC1C=CC2c3ccccc3N(C3=C(c4ccc(C5=CC6c7ccccc7OC6C=C5)cc4)C=CC(C#N)C3C#N)[C@@H]2C1. The topological polar surface area (TPSA) is 60.0 Å². The number of para-hydroxylation sites is 2. The highest BCUT2D eigenvalue weighted by molar-refractivity contribution is 5.86. The van der Waals surface area contributed by atoms with E-state index in [4.69, 9.17) is 4.74 Å². The van der Waals surface area contributed by atoms with Crippen molar-refractivity contribution in [3.8, 4) is 17.9 Å². The highest BCUT2D eigenvalue weighted by Gasteiger charge is 2.45. The molecule has 3 aliphatic carbocycles. The van der Waals surface area contributed by atoms with Gasteiger partial charge in [-0.15, -0.1) is 0 Å². The molecule has 3 aromatic rings. The highest BCUT2D eigenvalue weighted by Crippen LogP contribution is 2.52. The van der Waals surface area contributed by atoms with Gasteiger partial charge in [0.2, 0.25) is 0 Å². The summed E-state index contributed by atoms with van der Waals surface area (Å²) in [6, 6.07) is 30.7. The third kappa shape index (κ3) is 4.02. The van der Waals surface area contributed by atoms with Crippen molar-refractivity contribution in [2.45, 2.75) is 37.3 Å². The van der Waals surface area contributed by atoms with E-state index in [-0.39, 0.29) is 24.0 Å². The van der Waals surface area contributed by atoms with Crippen LogP contribution >= 0.6 is 0 Å². The van der Waals surface area contributed by atoms with Crippen LogP contribution in [0.2, 0.25) is 0 Å². The summed E-state index contributed by atoms with van der Waals surface area (Å²) in [5.41, 5.74) is 9.04. The van der Waals surface area contributed by atoms with Crippen LogP contribution in [0, 0.1) is 40.4 Å². The van der Waals surface area contributed by atoms with E-state index in [1.165, 1.54) is 16.7 Å². The standard InChI is InChI=1S/C39H31N3O/c1-24-10-17-31-30-6-2-4-8-35(30)42(36(31)20-24)39-29(18-15-28(22-40)34(39)23-41)26-13-11-25(12-14-26)27-16-19-38-33(21-27)32-7-3-5-9-37(32)43-38/h2-19,21,24,28,31,33-34,36,38H,20H2,1H3/t24?,28?,31?,33?,34?,36-,38?/m1/s1. The minimum atomic E-state index is -0.555. The molecular weight excluding hydrogens is 526 g/mol. The number of rotatable bonds is 3. The number of benzene rings is 3. The van der Waals surface area contributed by atoms with Gasteiger partial charge < -0.3 is 9.64 Å². The second-order valence-electron chi connectivity index (χ2n) is 12.2. The molecule has 0 amide bonds. The number of hydrogen-bond donors (Lipinski definition) is 0. The Morgan fingerprint density at radius 2 is 1.53 bits per heavy atom. The van der Waals surface area contributed by atoms with Crippen molar-refractivity contribution >= 4 is 16.8 Å². The van der Waals surface area contributed by atoms with Crippen molar-refractivity contribution in [2.75, 3.05) is 4.90 Å². The lowest BCUT2D eigenvalue weighted by Gasteiger charge is -2.39. The van der Waals surface area contributed by atoms with Crippen molar-refractivity contribution in [2.24, 2.45) is 17.8 Å². The monoisotopic (exact) mass is 557 g/mol. The third-order valence-electron chi connectivity index (χ3n) is 9.76. The second kappa shape index (κ2) is 10.0. The van der Waals surface area contributed by atoms with Crippen LogP contribution in [0.15, 0.2) is 121 Å². The summed E-state index contributed by atoms with van der Waals surface area (Å²) < 4.78 is 6.16. The maximum atomic E-state index is 10.5. The molecular formula is C39H31N3O. The molecule has 0 N–H and O–H groups in total. The Morgan fingerprint density at radius 3 is 2.35 bits per heavy atom. The van der Waals surface area contributed by atoms with Gasteiger partial charge in [-0.1, -0.05) is 104 Å². The van der Waals surface area contributed by atoms with Crippen LogP contribution in [0.1, 0.15) is 47.4 Å². The number of allylic oxidation sites excluding steroid dienone is 7. The average Bonchev–Trinajstić information content (AvgIpc) is 3.58. The van der Waals surface area contributed by atoms with Crippen molar-refractivity contribution in [3.05, 3.63) is 143 Å².